The van der Waals surface area contributed by atoms with E-state index in [1.54, 1.807) is 42.8 Å². The third kappa shape index (κ3) is 3.98. The maximum absolute atomic E-state index is 12.0. The summed E-state index contributed by atoms with van der Waals surface area (Å²) in [4.78, 5) is 27.8. The van der Waals surface area contributed by atoms with Crippen molar-refractivity contribution >= 4 is 28.5 Å². The molecule has 0 bridgehead atoms. The predicted molar refractivity (Wildman–Crippen MR) is 88.4 cm³/mol. The summed E-state index contributed by atoms with van der Waals surface area (Å²) in [7, 11) is 0. The number of aryl methyl sites for hydroxylation is 1. The number of ether oxygens (including phenoxy) is 1. The highest BCUT2D eigenvalue weighted by Gasteiger charge is 2.10. The maximum Gasteiger partial charge on any atom is 0.306 e. The Morgan fingerprint density at radius 2 is 2.04 bits per heavy atom. The second-order valence-electron chi connectivity index (χ2n) is 5.16. The molecule has 0 saturated heterocycles. The van der Waals surface area contributed by atoms with Crippen molar-refractivity contribution in [3.63, 3.8) is 0 Å². The summed E-state index contributed by atoms with van der Waals surface area (Å²) in [6.45, 7) is -0.326. The SMILES string of the molecule is O=C(COC(=O)CCc1ccco1)Nc1cccc2ncccc12. The summed E-state index contributed by atoms with van der Waals surface area (Å²) in [6, 6.07) is 12.7. The molecule has 2 aromatic heterocycles. The van der Waals surface area contributed by atoms with Crippen molar-refractivity contribution in [2.24, 2.45) is 0 Å². The first kappa shape index (κ1) is 15.7. The van der Waals surface area contributed by atoms with Gasteiger partial charge in [0.05, 0.1) is 23.9 Å². The number of hydrogen-bond acceptors (Lipinski definition) is 5. The Balaban J connectivity index is 1.51. The molecule has 6 nitrogen and oxygen atoms in total. The zero-order valence-electron chi connectivity index (χ0n) is 12.9. The molecule has 0 atom stereocenters. The van der Waals surface area contributed by atoms with Gasteiger partial charge < -0.3 is 14.5 Å². The Labute approximate surface area is 138 Å². The highest BCUT2D eigenvalue weighted by atomic mass is 16.5. The van der Waals surface area contributed by atoms with E-state index in [4.69, 9.17) is 9.15 Å². The number of hydrogen-bond donors (Lipinski definition) is 1. The molecule has 0 unspecified atom stereocenters. The molecule has 24 heavy (non-hydrogen) atoms. The number of benzene rings is 1. The first-order valence-corrected chi connectivity index (χ1v) is 7.54. The van der Waals surface area contributed by atoms with E-state index in [1.165, 1.54) is 0 Å². The lowest BCUT2D eigenvalue weighted by molar-refractivity contribution is -0.147. The molecular weight excluding hydrogens is 308 g/mol. The van der Waals surface area contributed by atoms with Crippen LogP contribution in [-0.4, -0.2) is 23.5 Å². The monoisotopic (exact) mass is 324 g/mol. The fourth-order valence-electron chi connectivity index (χ4n) is 2.30. The van der Waals surface area contributed by atoms with Gasteiger partial charge in [0.1, 0.15) is 5.76 Å². The van der Waals surface area contributed by atoms with E-state index in [0.717, 1.165) is 10.9 Å². The number of amides is 1. The van der Waals surface area contributed by atoms with E-state index in [2.05, 4.69) is 10.3 Å². The second-order valence-corrected chi connectivity index (χ2v) is 5.16. The maximum atomic E-state index is 12.0. The van der Waals surface area contributed by atoms with Gasteiger partial charge in [-0.05, 0) is 36.4 Å². The van der Waals surface area contributed by atoms with Crippen LogP contribution in [-0.2, 0) is 20.7 Å². The molecule has 0 aliphatic heterocycles. The lowest BCUT2D eigenvalue weighted by Gasteiger charge is -2.08. The third-order valence-electron chi connectivity index (χ3n) is 3.44. The van der Waals surface area contributed by atoms with Crippen molar-refractivity contribution in [3.8, 4) is 0 Å². The van der Waals surface area contributed by atoms with Crippen LogP contribution in [0.2, 0.25) is 0 Å². The molecule has 0 fully saturated rings. The molecule has 0 aliphatic rings. The van der Waals surface area contributed by atoms with Crippen molar-refractivity contribution in [2.75, 3.05) is 11.9 Å². The van der Waals surface area contributed by atoms with Gasteiger partial charge >= 0.3 is 5.97 Å². The van der Waals surface area contributed by atoms with E-state index in [0.29, 0.717) is 17.9 Å². The molecule has 3 rings (SSSR count). The molecule has 1 N–H and O–H groups in total. The fourth-order valence-corrected chi connectivity index (χ4v) is 2.30. The van der Waals surface area contributed by atoms with Crippen LogP contribution in [0.1, 0.15) is 12.2 Å². The number of nitrogens with one attached hydrogen (secondary N) is 1. The van der Waals surface area contributed by atoms with Crippen molar-refractivity contribution in [3.05, 3.63) is 60.7 Å². The van der Waals surface area contributed by atoms with Crippen LogP contribution in [0.15, 0.2) is 59.3 Å². The van der Waals surface area contributed by atoms with E-state index in [9.17, 15) is 9.59 Å². The minimum atomic E-state index is -0.443. The topological polar surface area (TPSA) is 81.4 Å². The van der Waals surface area contributed by atoms with Gasteiger partial charge in [0.2, 0.25) is 0 Å². The number of carbonyl (C=O) groups is 2. The number of fused-ring (bicyclic) bond motifs is 1. The van der Waals surface area contributed by atoms with Crippen molar-refractivity contribution in [1.82, 2.24) is 4.98 Å². The van der Waals surface area contributed by atoms with Gasteiger partial charge in [-0.3, -0.25) is 14.6 Å². The van der Waals surface area contributed by atoms with Gasteiger partial charge in [-0.1, -0.05) is 6.07 Å². The Morgan fingerprint density at radius 3 is 2.88 bits per heavy atom. The van der Waals surface area contributed by atoms with Gasteiger partial charge in [-0.2, -0.15) is 0 Å². The van der Waals surface area contributed by atoms with E-state index >= 15 is 0 Å². The van der Waals surface area contributed by atoms with E-state index in [1.807, 2.05) is 12.1 Å². The number of carbonyl (C=O) groups excluding carboxylic acids is 2. The van der Waals surface area contributed by atoms with Crippen LogP contribution >= 0.6 is 0 Å². The Morgan fingerprint density at radius 1 is 1.12 bits per heavy atom. The zero-order chi connectivity index (χ0) is 16.8. The average Bonchev–Trinajstić information content (AvgIpc) is 3.12. The Kier molecular flexibility index (Phi) is 4.86. The quantitative estimate of drug-likeness (QED) is 0.705. The summed E-state index contributed by atoms with van der Waals surface area (Å²) >= 11 is 0. The van der Waals surface area contributed by atoms with Gasteiger partial charge in [0.25, 0.3) is 5.91 Å². The zero-order valence-corrected chi connectivity index (χ0v) is 12.9. The van der Waals surface area contributed by atoms with Crippen LogP contribution in [0.4, 0.5) is 5.69 Å². The number of rotatable bonds is 6. The van der Waals surface area contributed by atoms with Crippen LogP contribution in [0.3, 0.4) is 0 Å². The molecule has 1 amide bonds. The molecule has 0 aliphatic carbocycles. The molecule has 1 aromatic carbocycles. The normalized spacial score (nSPS) is 10.5. The van der Waals surface area contributed by atoms with Crippen molar-refractivity contribution in [1.29, 1.82) is 0 Å². The smallest absolute Gasteiger partial charge is 0.306 e. The Bertz CT molecular complexity index is 838. The number of esters is 1. The van der Waals surface area contributed by atoms with Crippen LogP contribution in [0, 0.1) is 0 Å². The molecule has 0 saturated carbocycles. The number of aromatic nitrogens is 1. The molecule has 122 valence electrons. The fraction of sp³-hybridized carbons (Fsp3) is 0.167. The largest absolute Gasteiger partial charge is 0.469 e. The lowest BCUT2D eigenvalue weighted by Crippen LogP contribution is -2.21. The highest BCUT2D eigenvalue weighted by Crippen LogP contribution is 2.21. The standard InChI is InChI=1S/C18H16N2O4/c21-17(12-24-18(22)9-8-13-4-3-11-23-13)20-16-7-1-6-15-14(16)5-2-10-19-15/h1-7,10-11H,8-9,12H2,(H,20,21). The summed E-state index contributed by atoms with van der Waals surface area (Å²) in [5.74, 6) is -0.126. The minimum Gasteiger partial charge on any atom is -0.469 e. The summed E-state index contributed by atoms with van der Waals surface area (Å²) < 4.78 is 10.1. The third-order valence-corrected chi connectivity index (χ3v) is 3.44. The van der Waals surface area contributed by atoms with Gasteiger partial charge in [0.15, 0.2) is 6.61 Å². The van der Waals surface area contributed by atoms with Crippen LogP contribution in [0.5, 0.6) is 0 Å². The highest BCUT2D eigenvalue weighted by molar-refractivity contribution is 6.01. The van der Waals surface area contributed by atoms with Crippen LogP contribution < -0.4 is 5.32 Å². The number of nitrogens with zero attached hydrogens (tertiary/aromatic N) is 1. The first-order valence-electron chi connectivity index (χ1n) is 7.54. The second kappa shape index (κ2) is 7.41. The Hall–Kier alpha value is -3.15. The molecule has 6 heteroatoms. The minimum absolute atomic E-state index is 0.166. The predicted octanol–water partition coefficient (Wildman–Crippen LogP) is 2.94. The van der Waals surface area contributed by atoms with Crippen molar-refractivity contribution in [2.45, 2.75) is 12.8 Å². The van der Waals surface area contributed by atoms with Crippen molar-refractivity contribution < 1.29 is 18.7 Å². The number of pyridine rings is 1. The number of furan rings is 1. The number of anilines is 1. The molecule has 0 radical (unpaired) electrons. The van der Waals surface area contributed by atoms with E-state index < -0.39 is 11.9 Å². The van der Waals surface area contributed by atoms with E-state index in [-0.39, 0.29) is 13.0 Å². The van der Waals surface area contributed by atoms with Gasteiger partial charge in [-0.15, -0.1) is 0 Å². The molecule has 0 spiro atoms. The molecule has 3 aromatic rings. The average molecular weight is 324 g/mol. The molecule has 2 heterocycles. The molecular formula is C18H16N2O4. The van der Waals surface area contributed by atoms with Gasteiger partial charge in [-0.25, -0.2) is 0 Å². The van der Waals surface area contributed by atoms with Gasteiger partial charge in [0, 0.05) is 18.0 Å². The lowest BCUT2D eigenvalue weighted by atomic mass is 10.2. The summed E-state index contributed by atoms with van der Waals surface area (Å²) in [5, 5.41) is 3.57. The summed E-state index contributed by atoms with van der Waals surface area (Å²) in [6.07, 6.45) is 3.85. The first-order chi connectivity index (χ1) is 11.7. The van der Waals surface area contributed by atoms with Crippen LogP contribution in [0.25, 0.3) is 10.9 Å². The summed E-state index contributed by atoms with van der Waals surface area (Å²) in [5.41, 5.74) is 1.42.